The van der Waals surface area contributed by atoms with E-state index in [1.807, 2.05) is 0 Å². The minimum absolute atomic E-state index is 0.345. The molecule has 3 aromatic rings. The predicted octanol–water partition coefficient (Wildman–Crippen LogP) is 2.99. The number of aromatic amines is 1. The number of hydrogen-bond acceptors (Lipinski definition) is 4. The van der Waals surface area contributed by atoms with E-state index in [1.165, 1.54) is 19.2 Å². The number of carbonyl (C=O) groups excluding carboxylic acids is 1. The van der Waals surface area contributed by atoms with Crippen molar-refractivity contribution < 1.29 is 13.9 Å². The van der Waals surface area contributed by atoms with Crippen molar-refractivity contribution in [1.82, 2.24) is 20.5 Å². The van der Waals surface area contributed by atoms with Crippen LogP contribution in [0.15, 0.2) is 36.5 Å². The number of nitrogens with one attached hydrogen (secondary N) is 3. The summed E-state index contributed by atoms with van der Waals surface area (Å²) >= 11 is 0. The number of pyridine rings is 1. The molecule has 8 heteroatoms. The molecule has 0 aliphatic heterocycles. The number of H-pyrrole nitrogens is 1. The van der Waals surface area contributed by atoms with Gasteiger partial charge in [0.15, 0.2) is 0 Å². The van der Waals surface area contributed by atoms with E-state index in [9.17, 15) is 9.18 Å². The summed E-state index contributed by atoms with van der Waals surface area (Å²) in [6.45, 7) is 1.77. The number of halogens is 1. The van der Waals surface area contributed by atoms with Gasteiger partial charge in [0.1, 0.15) is 11.6 Å². The zero-order valence-electron chi connectivity index (χ0n) is 13.1. The second kappa shape index (κ2) is 6.53. The largest absolute Gasteiger partial charge is 0.479 e. The number of hydrogen-bond donors (Lipinski definition) is 3. The maximum atomic E-state index is 13.2. The first-order chi connectivity index (χ1) is 11.6. The van der Waals surface area contributed by atoms with Gasteiger partial charge in [-0.15, -0.1) is 5.10 Å². The predicted molar refractivity (Wildman–Crippen MR) is 87.4 cm³/mol. The van der Waals surface area contributed by atoms with Crippen LogP contribution in [0, 0.1) is 5.82 Å². The van der Waals surface area contributed by atoms with Crippen molar-refractivity contribution in [2.24, 2.45) is 0 Å². The van der Waals surface area contributed by atoms with Gasteiger partial charge in [-0.3, -0.25) is 10.4 Å². The lowest BCUT2D eigenvalue weighted by Gasteiger charge is -2.14. The van der Waals surface area contributed by atoms with Crippen LogP contribution in [-0.2, 0) is 0 Å². The van der Waals surface area contributed by atoms with Crippen molar-refractivity contribution in [3.63, 3.8) is 0 Å². The van der Waals surface area contributed by atoms with Gasteiger partial charge in [0.25, 0.3) is 0 Å². The Balaban J connectivity index is 1.68. The molecule has 7 nitrogen and oxygen atoms in total. The summed E-state index contributed by atoms with van der Waals surface area (Å²) in [5.74, 6) is 0.452. The molecule has 1 atom stereocenters. The number of fused-ring (bicyclic) bond motifs is 1. The summed E-state index contributed by atoms with van der Waals surface area (Å²) in [5, 5.41) is 12.9. The van der Waals surface area contributed by atoms with Crippen molar-refractivity contribution in [2.75, 3.05) is 12.4 Å². The van der Waals surface area contributed by atoms with Crippen molar-refractivity contribution in [2.45, 2.75) is 13.0 Å². The molecule has 0 aliphatic carbocycles. The first-order valence-electron chi connectivity index (χ1n) is 7.28. The number of rotatable bonds is 4. The minimum Gasteiger partial charge on any atom is -0.479 e. The van der Waals surface area contributed by atoms with Crippen LogP contribution in [-0.4, -0.2) is 28.3 Å². The van der Waals surface area contributed by atoms with Crippen LogP contribution in [0.5, 0.6) is 5.88 Å². The van der Waals surface area contributed by atoms with Crippen molar-refractivity contribution >= 4 is 22.8 Å². The maximum absolute atomic E-state index is 13.2. The van der Waals surface area contributed by atoms with E-state index in [0.717, 1.165) is 5.39 Å². The van der Waals surface area contributed by atoms with Crippen LogP contribution in [0.3, 0.4) is 0 Å². The van der Waals surface area contributed by atoms with Gasteiger partial charge in [-0.1, -0.05) is 12.1 Å². The van der Waals surface area contributed by atoms with Crippen LogP contribution >= 0.6 is 0 Å². The lowest BCUT2D eigenvalue weighted by atomic mass is 10.1. The van der Waals surface area contributed by atoms with E-state index >= 15 is 0 Å². The number of ether oxygens (including phenoxy) is 1. The highest BCUT2D eigenvalue weighted by molar-refractivity contribution is 5.92. The molecule has 0 saturated carbocycles. The average molecular weight is 329 g/mol. The molecule has 2 heterocycles. The highest BCUT2D eigenvalue weighted by atomic mass is 19.1. The van der Waals surface area contributed by atoms with Gasteiger partial charge in [0.2, 0.25) is 5.88 Å². The molecular weight excluding hydrogens is 313 g/mol. The van der Waals surface area contributed by atoms with E-state index in [-0.39, 0.29) is 11.9 Å². The Morgan fingerprint density at radius 2 is 2.21 bits per heavy atom. The third-order valence-corrected chi connectivity index (χ3v) is 3.54. The number of nitrogens with zero attached hydrogens (tertiary/aromatic N) is 2. The molecule has 0 unspecified atom stereocenters. The number of benzene rings is 1. The molecule has 124 valence electrons. The van der Waals surface area contributed by atoms with E-state index in [1.54, 1.807) is 31.3 Å². The number of carbonyl (C=O) groups is 1. The molecule has 0 saturated heterocycles. The Morgan fingerprint density at radius 1 is 1.38 bits per heavy atom. The molecule has 1 aromatic carbocycles. The fraction of sp³-hybridized carbons (Fsp3) is 0.188. The van der Waals surface area contributed by atoms with Gasteiger partial charge in [0, 0.05) is 12.3 Å². The third-order valence-electron chi connectivity index (χ3n) is 3.54. The molecule has 0 aliphatic rings. The van der Waals surface area contributed by atoms with Crippen LogP contribution in [0.25, 0.3) is 10.9 Å². The number of amides is 2. The first-order valence-corrected chi connectivity index (χ1v) is 7.28. The minimum atomic E-state index is -0.440. The summed E-state index contributed by atoms with van der Waals surface area (Å²) < 4.78 is 18.3. The molecule has 0 bridgehead atoms. The zero-order chi connectivity index (χ0) is 17.1. The van der Waals surface area contributed by atoms with E-state index < -0.39 is 6.03 Å². The van der Waals surface area contributed by atoms with Gasteiger partial charge in [0.05, 0.1) is 24.1 Å². The fourth-order valence-electron chi connectivity index (χ4n) is 2.32. The summed E-state index contributed by atoms with van der Waals surface area (Å²) in [6, 6.07) is 6.94. The molecule has 3 N–H and O–H groups in total. The van der Waals surface area contributed by atoms with Gasteiger partial charge in [-0.05, 0) is 24.6 Å². The molecule has 0 radical (unpaired) electrons. The van der Waals surface area contributed by atoms with E-state index in [2.05, 4.69) is 25.8 Å². The van der Waals surface area contributed by atoms with E-state index in [4.69, 9.17) is 4.74 Å². The first kappa shape index (κ1) is 15.7. The molecular formula is C16H16FN5O2. The summed E-state index contributed by atoms with van der Waals surface area (Å²) in [5.41, 5.74) is 1.36. The number of urea groups is 1. The maximum Gasteiger partial charge on any atom is 0.320 e. The van der Waals surface area contributed by atoms with Crippen molar-refractivity contribution in [1.29, 1.82) is 0 Å². The fourth-order valence-corrected chi connectivity index (χ4v) is 2.32. The average Bonchev–Trinajstić information content (AvgIpc) is 2.97. The standard InChI is InChI=1S/C16H16FN5O2/c1-9(10-4-3-5-11(17)6-10)19-16(23)20-14-7-13-12(8-18-14)15(24-2)22-21-13/h3-9H,1-2H3,(H,21,22)(H2,18,19,20,23)/t9-/m1/s1. The Kier molecular flexibility index (Phi) is 4.28. The SMILES string of the molecule is COc1n[nH]c2cc(NC(=O)N[C@H](C)c3cccc(F)c3)ncc12. The molecule has 2 amide bonds. The number of aromatic nitrogens is 3. The molecule has 3 rings (SSSR count). The highest BCUT2D eigenvalue weighted by Crippen LogP contribution is 2.23. The lowest BCUT2D eigenvalue weighted by Crippen LogP contribution is -2.31. The molecule has 0 spiro atoms. The van der Waals surface area contributed by atoms with Crippen LogP contribution in [0.1, 0.15) is 18.5 Å². The van der Waals surface area contributed by atoms with Crippen LogP contribution in [0.4, 0.5) is 15.0 Å². The third kappa shape index (κ3) is 3.27. The summed E-state index contributed by atoms with van der Waals surface area (Å²) in [4.78, 5) is 16.2. The monoisotopic (exact) mass is 329 g/mol. The Labute approximate surface area is 137 Å². The molecule has 0 fully saturated rings. The molecule has 24 heavy (non-hydrogen) atoms. The second-order valence-corrected chi connectivity index (χ2v) is 5.22. The highest BCUT2D eigenvalue weighted by Gasteiger charge is 2.12. The van der Waals surface area contributed by atoms with E-state index in [0.29, 0.717) is 22.8 Å². The van der Waals surface area contributed by atoms with Crippen LogP contribution < -0.4 is 15.4 Å². The second-order valence-electron chi connectivity index (χ2n) is 5.22. The zero-order valence-corrected chi connectivity index (χ0v) is 13.1. The summed E-state index contributed by atoms with van der Waals surface area (Å²) in [7, 11) is 1.52. The van der Waals surface area contributed by atoms with Crippen molar-refractivity contribution in [3.8, 4) is 5.88 Å². The van der Waals surface area contributed by atoms with Gasteiger partial charge in [-0.25, -0.2) is 14.2 Å². The lowest BCUT2D eigenvalue weighted by molar-refractivity contribution is 0.249. The smallest absolute Gasteiger partial charge is 0.320 e. The topological polar surface area (TPSA) is 91.9 Å². The number of anilines is 1. The Morgan fingerprint density at radius 3 is 2.96 bits per heavy atom. The Bertz CT molecular complexity index is 880. The van der Waals surface area contributed by atoms with Crippen molar-refractivity contribution in [3.05, 3.63) is 47.9 Å². The van der Waals surface area contributed by atoms with Gasteiger partial charge >= 0.3 is 6.03 Å². The number of methoxy groups -OCH3 is 1. The van der Waals surface area contributed by atoms with Gasteiger partial charge < -0.3 is 10.1 Å². The van der Waals surface area contributed by atoms with Gasteiger partial charge in [-0.2, -0.15) is 0 Å². The molecule has 2 aromatic heterocycles. The van der Waals surface area contributed by atoms with Crippen LogP contribution in [0.2, 0.25) is 0 Å². The Hall–Kier alpha value is -3.16. The summed E-state index contributed by atoms with van der Waals surface area (Å²) in [6.07, 6.45) is 1.56. The normalized spacial score (nSPS) is 12.0. The quantitative estimate of drug-likeness (QED) is 0.686.